The van der Waals surface area contributed by atoms with Crippen LogP contribution in [0.5, 0.6) is 5.75 Å². The van der Waals surface area contributed by atoms with Crippen LogP contribution in [0.2, 0.25) is 0 Å². The highest BCUT2D eigenvalue weighted by Gasteiger charge is 2.10. The maximum absolute atomic E-state index is 9.40. The van der Waals surface area contributed by atoms with Crippen molar-refractivity contribution in [1.82, 2.24) is 0 Å². The molecule has 0 aromatic heterocycles. The predicted octanol–water partition coefficient (Wildman–Crippen LogP) is 2.56. The normalized spacial score (nSPS) is 10.5. The Morgan fingerprint density at radius 3 is 2.05 bits per heavy atom. The SMILES string of the molecule is Cc1cc(CO)c(OCc2ccccc2)c(CO)c1. The van der Waals surface area contributed by atoms with E-state index in [0.29, 0.717) is 23.5 Å². The third-order valence-electron chi connectivity index (χ3n) is 2.95. The fourth-order valence-corrected chi connectivity index (χ4v) is 2.08. The lowest BCUT2D eigenvalue weighted by molar-refractivity contribution is 0.242. The number of hydrogen-bond acceptors (Lipinski definition) is 3. The largest absolute Gasteiger partial charge is 0.488 e. The van der Waals surface area contributed by atoms with Gasteiger partial charge >= 0.3 is 0 Å². The third-order valence-corrected chi connectivity index (χ3v) is 2.95. The molecule has 0 spiro atoms. The number of rotatable bonds is 5. The predicted molar refractivity (Wildman–Crippen MR) is 73.8 cm³/mol. The smallest absolute Gasteiger partial charge is 0.130 e. The summed E-state index contributed by atoms with van der Waals surface area (Å²) >= 11 is 0. The van der Waals surface area contributed by atoms with Gasteiger partial charge in [-0.15, -0.1) is 0 Å². The first-order chi connectivity index (χ1) is 9.24. The summed E-state index contributed by atoms with van der Waals surface area (Å²) in [7, 11) is 0. The van der Waals surface area contributed by atoms with Crippen molar-refractivity contribution in [2.24, 2.45) is 0 Å². The molecule has 2 rings (SSSR count). The van der Waals surface area contributed by atoms with Crippen LogP contribution in [0.4, 0.5) is 0 Å². The summed E-state index contributed by atoms with van der Waals surface area (Å²) in [6.07, 6.45) is 0. The van der Waals surface area contributed by atoms with Crippen LogP contribution in [0, 0.1) is 6.92 Å². The average molecular weight is 258 g/mol. The highest BCUT2D eigenvalue weighted by Crippen LogP contribution is 2.27. The van der Waals surface area contributed by atoms with E-state index in [9.17, 15) is 10.2 Å². The molecule has 0 aliphatic heterocycles. The van der Waals surface area contributed by atoms with Gasteiger partial charge in [0.25, 0.3) is 0 Å². The number of aliphatic hydroxyl groups is 2. The zero-order valence-electron chi connectivity index (χ0n) is 11.0. The van der Waals surface area contributed by atoms with E-state index in [-0.39, 0.29) is 13.2 Å². The number of ether oxygens (including phenoxy) is 1. The second-order valence-corrected chi connectivity index (χ2v) is 4.50. The van der Waals surface area contributed by atoms with E-state index in [2.05, 4.69) is 0 Å². The summed E-state index contributed by atoms with van der Waals surface area (Å²) < 4.78 is 5.77. The van der Waals surface area contributed by atoms with Crippen molar-refractivity contribution in [2.75, 3.05) is 0 Å². The van der Waals surface area contributed by atoms with Gasteiger partial charge in [-0.3, -0.25) is 0 Å². The standard InChI is InChI=1S/C16H18O3/c1-12-7-14(9-17)16(15(8-12)10-18)19-11-13-5-3-2-4-6-13/h2-8,17-18H,9-11H2,1H3. The van der Waals surface area contributed by atoms with Crippen molar-refractivity contribution in [1.29, 1.82) is 0 Å². The molecule has 0 amide bonds. The molecule has 2 N–H and O–H groups in total. The van der Waals surface area contributed by atoms with Crippen molar-refractivity contribution in [3.8, 4) is 5.75 Å². The van der Waals surface area contributed by atoms with E-state index in [0.717, 1.165) is 11.1 Å². The van der Waals surface area contributed by atoms with Crippen LogP contribution < -0.4 is 4.74 Å². The van der Waals surface area contributed by atoms with Gasteiger partial charge in [-0.25, -0.2) is 0 Å². The lowest BCUT2D eigenvalue weighted by Gasteiger charge is -2.15. The van der Waals surface area contributed by atoms with Crippen LogP contribution >= 0.6 is 0 Å². The molecule has 2 aromatic rings. The molecule has 0 aliphatic rings. The van der Waals surface area contributed by atoms with Gasteiger partial charge in [0.15, 0.2) is 0 Å². The Morgan fingerprint density at radius 1 is 0.947 bits per heavy atom. The van der Waals surface area contributed by atoms with Gasteiger partial charge in [-0.05, 0) is 12.5 Å². The second kappa shape index (κ2) is 6.36. The molecule has 0 saturated heterocycles. The van der Waals surface area contributed by atoms with Gasteiger partial charge in [0.1, 0.15) is 12.4 Å². The van der Waals surface area contributed by atoms with E-state index in [1.54, 1.807) is 0 Å². The summed E-state index contributed by atoms with van der Waals surface area (Å²) in [6.45, 7) is 2.15. The van der Waals surface area contributed by atoms with Gasteiger partial charge in [-0.1, -0.05) is 48.0 Å². The lowest BCUT2D eigenvalue weighted by Crippen LogP contribution is -2.03. The van der Waals surface area contributed by atoms with E-state index in [1.807, 2.05) is 49.4 Å². The van der Waals surface area contributed by atoms with Gasteiger partial charge in [0.05, 0.1) is 13.2 Å². The second-order valence-electron chi connectivity index (χ2n) is 4.50. The minimum atomic E-state index is -0.0984. The first kappa shape index (κ1) is 13.6. The molecule has 0 atom stereocenters. The first-order valence-electron chi connectivity index (χ1n) is 6.25. The number of aryl methyl sites for hydroxylation is 1. The maximum Gasteiger partial charge on any atom is 0.130 e. The Labute approximate surface area is 113 Å². The van der Waals surface area contributed by atoms with Crippen molar-refractivity contribution >= 4 is 0 Å². The van der Waals surface area contributed by atoms with Crippen LogP contribution in [0.1, 0.15) is 22.3 Å². The zero-order chi connectivity index (χ0) is 13.7. The molecule has 0 heterocycles. The van der Waals surface area contributed by atoms with Gasteiger partial charge in [-0.2, -0.15) is 0 Å². The number of hydrogen-bond donors (Lipinski definition) is 2. The van der Waals surface area contributed by atoms with Crippen LogP contribution in [0.3, 0.4) is 0 Å². The van der Waals surface area contributed by atoms with Gasteiger partial charge < -0.3 is 14.9 Å². The van der Waals surface area contributed by atoms with Crippen molar-refractivity contribution in [3.05, 3.63) is 64.7 Å². The minimum absolute atomic E-state index is 0.0984. The molecule has 0 saturated carbocycles. The Balaban J connectivity index is 2.23. The van der Waals surface area contributed by atoms with Gasteiger partial charge in [0, 0.05) is 11.1 Å². The highest BCUT2D eigenvalue weighted by atomic mass is 16.5. The highest BCUT2D eigenvalue weighted by molar-refractivity contribution is 5.44. The minimum Gasteiger partial charge on any atom is -0.488 e. The van der Waals surface area contributed by atoms with E-state index in [1.165, 1.54) is 0 Å². The summed E-state index contributed by atoms with van der Waals surface area (Å²) in [4.78, 5) is 0. The van der Waals surface area contributed by atoms with E-state index in [4.69, 9.17) is 4.74 Å². The van der Waals surface area contributed by atoms with Crippen LogP contribution in [-0.2, 0) is 19.8 Å². The van der Waals surface area contributed by atoms with Crippen molar-refractivity contribution in [3.63, 3.8) is 0 Å². The number of benzene rings is 2. The molecule has 3 nitrogen and oxygen atoms in total. The Morgan fingerprint density at radius 2 is 1.53 bits per heavy atom. The van der Waals surface area contributed by atoms with E-state index < -0.39 is 0 Å². The molecule has 0 fully saturated rings. The molecule has 0 radical (unpaired) electrons. The summed E-state index contributed by atoms with van der Waals surface area (Å²) in [6, 6.07) is 13.6. The molecular formula is C16H18O3. The fraction of sp³-hybridized carbons (Fsp3) is 0.250. The fourth-order valence-electron chi connectivity index (χ4n) is 2.08. The number of aliphatic hydroxyl groups excluding tert-OH is 2. The Hall–Kier alpha value is -1.84. The van der Waals surface area contributed by atoms with Crippen LogP contribution in [0.25, 0.3) is 0 Å². The zero-order valence-corrected chi connectivity index (χ0v) is 11.0. The topological polar surface area (TPSA) is 49.7 Å². The molecule has 0 bridgehead atoms. The van der Waals surface area contributed by atoms with Crippen LogP contribution in [0.15, 0.2) is 42.5 Å². The summed E-state index contributed by atoms with van der Waals surface area (Å²) in [5.74, 6) is 0.583. The lowest BCUT2D eigenvalue weighted by atomic mass is 10.1. The Bertz CT molecular complexity index is 510. The maximum atomic E-state index is 9.40. The molecule has 0 aliphatic carbocycles. The molecule has 0 unspecified atom stereocenters. The third kappa shape index (κ3) is 3.34. The average Bonchev–Trinajstić information content (AvgIpc) is 2.46. The van der Waals surface area contributed by atoms with Crippen LogP contribution in [-0.4, -0.2) is 10.2 Å². The van der Waals surface area contributed by atoms with E-state index >= 15 is 0 Å². The van der Waals surface area contributed by atoms with Crippen molar-refractivity contribution < 1.29 is 14.9 Å². The monoisotopic (exact) mass is 258 g/mol. The van der Waals surface area contributed by atoms with Crippen molar-refractivity contribution in [2.45, 2.75) is 26.7 Å². The first-order valence-corrected chi connectivity index (χ1v) is 6.25. The Kier molecular flexibility index (Phi) is 4.55. The molecule has 100 valence electrons. The molecule has 3 heteroatoms. The summed E-state index contributed by atoms with van der Waals surface area (Å²) in [5.41, 5.74) is 3.47. The molecule has 19 heavy (non-hydrogen) atoms. The quantitative estimate of drug-likeness (QED) is 0.866. The van der Waals surface area contributed by atoms with Gasteiger partial charge in [0.2, 0.25) is 0 Å². The molecular weight excluding hydrogens is 240 g/mol. The molecule has 2 aromatic carbocycles. The summed E-state index contributed by atoms with van der Waals surface area (Å²) in [5, 5.41) is 18.8.